The molecular formula is C32H35FN4O5. The lowest BCUT2D eigenvalue weighted by Gasteiger charge is -2.30. The summed E-state index contributed by atoms with van der Waals surface area (Å²) in [5, 5.41) is 5.79. The zero-order valence-electron chi connectivity index (χ0n) is 24.4. The number of fused-ring (bicyclic) bond motifs is 3. The second kappa shape index (κ2) is 11.3. The van der Waals surface area contributed by atoms with Crippen LogP contribution in [0.25, 0.3) is 0 Å². The molecule has 2 aliphatic rings. The quantitative estimate of drug-likeness (QED) is 0.383. The molecule has 1 aromatic heterocycles. The molecule has 10 heteroatoms. The number of hydrogen-bond donors (Lipinski definition) is 2. The van der Waals surface area contributed by atoms with Crippen LogP contribution in [0.4, 0.5) is 15.9 Å². The fraction of sp³-hybridized carbons (Fsp3) is 0.375. The van der Waals surface area contributed by atoms with Crippen molar-refractivity contribution in [1.82, 2.24) is 9.88 Å². The Hall–Kier alpha value is -4.15. The van der Waals surface area contributed by atoms with Gasteiger partial charge in [0.1, 0.15) is 18.2 Å². The molecule has 2 heterocycles. The van der Waals surface area contributed by atoms with Crippen molar-refractivity contribution in [2.75, 3.05) is 31.4 Å². The van der Waals surface area contributed by atoms with Gasteiger partial charge >= 0.3 is 0 Å². The van der Waals surface area contributed by atoms with E-state index in [1.54, 1.807) is 45.2 Å². The number of benzene rings is 2. The normalized spacial score (nSPS) is 17.3. The third-order valence-corrected chi connectivity index (χ3v) is 7.91. The summed E-state index contributed by atoms with van der Waals surface area (Å²) in [6.07, 6.45) is 1.85. The lowest BCUT2D eigenvalue weighted by molar-refractivity contribution is -0.142. The molecule has 5 rings (SSSR count). The Labute approximate surface area is 244 Å². The molecule has 42 heavy (non-hydrogen) atoms. The van der Waals surface area contributed by atoms with Gasteiger partial charge in [-0.2, -0.15) is 0 Å². The molecular weight excluding hydrogens is 539 g/mol. The van der Waals surface area contributed by atoms with Gasteiger partial charge < -0.3 is 25.0 Å². The molecule has 1 aliphatic heterocycles. The highest BCUT2D eigenvalue weighted by Gasteiger charge is 2.51. The third-order valence-electron chi connectivity index (χ3n) is 7.91. The highest BCUT2D eigenvalue weighted by atomic mass is 19.1. The molecule has 0 bridgehead atoms. The van der Waals surface area contributed by atoms with Crippen molar-refractivity contribution in [3.63, 3.8) is 0 Å². The fourth-order valence-electron chi connectivity index (χ4n) is 5.90. The van der Waals surface area contributed by atoms with Gasteiger partial charge in [-0.1, -0.05) is 45.0 Å². The fourth-order valence-corrected chi connectivity index (χ4v) is 5.90. The van der Waals surface area contributed by atoms with Gasteiger partial charge in [-0.25, -0.2) is 9.37 Å². The molecule has 3 amide bonds. The molecule has 1 unspecified atom stereocenters. The Morgan fingerprint density at radius 1 is 1.10 bits per heavy atom. The van der Waals surface area contributed by atoms with Crippen molar-refractivity contribution in [2.24, 2.45) is 5.41 Å². The number of rotatable bonds is 8. The van der Waals surface area contributed by atoms with E-state index in [2.05, 4.69) is 15.6 Å². The molecule has 0 saturated heterocycles. The first kappa shape index (κ1) is 29.3. The van der Waals surface area contributed by atoms with E-state index in [9.17, 15) is 14.4 Å². The molecule has 220 valence electrons. The molecule has 0 radical (unpaired) electrons. The van der Waals surface area contributed by atoms with Gasteiger partial charge in [0.05, 0.1) is 5.41 Å². The number of halogens is 1. The number of amides is 3. The van der Waals surface area contributed by atoms with Gasteiger partial charge in [-0.05, 0) is 48.2 Å². The summed E-state index contributed by atoms with van der Waals surface area (Å²) in [5.74, 6) is -0.757. The minimum atomic E-state index is -0.837. The predicted molar refractivity (Wildman–Crippen MR) is 155 cm³/mol. The summed E-state index contributed by atoms with van der Waals surface area (Å²) in [6.45, 7) is 4.80. The van der Waals surface area contributed by atoms with E-state index < -0.39 is 28.8 Å². The van der Waals surface area contributed by atoms with Crippen LogP contribution in [0.15, 0.2) is 54.7 Å². The number of ether oxygens (including phenoxy) is 2. The number of nitrogens with one attached hydrogen (secondary N) is 2. The van der Waals surface area contributed by atoms with E-state index >= 15 is 4.39 Å². The lowest BCUT2D eigenvalue weighted by atomic mass is 9.79. The summed E-state index contributed by atoms with van der Waals surface area (Å²) < 4.78 is 25.8. The van der Waals surface area contributed by atoms with E-state index in [0.717, 1.165) is 16.7 Å². The van der Waals surface area contributed by atoms with Crippen LogP contribution < -0.4 is 10.6 Å². The van der Waals surface area contributed by atoms with Crippen molar-refractivity contribution < 1.29 is 28.2 Å². The highest BCUT2D eigenvalue weighted by molar-refractivity contribution is 6.06. The summed E-state index contributed by atoms with van der Waals surface area (Å²) >= 11 is 0. The molecule has 3 aromatic rings. The topological polar surface area (TPSA) is 110 Å². The van der Waals surface area contributed by atoms with Crippen LogP contribution in [0.1, 0.15) is 54.9 Å². The molecule has 2 N–H and O–H groups in total. The maximum absolute atomic E-state index is 15.1. The number of anilines is 2. The molecule has 1 spiro atoms. The average Bonchev–Trinajstić information content (AvgIpc) is 3.46. The van der Waals surface area contributed by atoms with Crippen LogP contribution in [0, 0.1) is 11.2 Å². The Morgan fingerprint density at radius 3 is 2.55 bits per heavy atom. The first-order valence-electron chi connectivity index (χ1n) is 13.8. The van der Waals surface area contributed by atoms with E-state index in [0.29, 0.717) is 29.9 Å². The van der Waals surface area contributed by atoms with Crippen molar-refractivity contribution >= 4 is 29.2 Å². The first-order valence-corrected chi connectivity index (χ1v) is 13.8. The summed E-state index contributed by atoms with van der Waals surface area (Å²) in [5.41, 5.74) is 2.54. The van der Waals surface area contributed by atoms with Gasteiger partial charge in [0.25, 0.3) is 0 Å². The van der Waals surface area contributed by atoms with Crippen molar-refractivity contribution in [2.45, 2.75) is 51.9 Å². The second-order valence-corrected chi connectivity index (χ2v) is 11.8. The first-order chi connectivity index (χ1) is 20.0. The van der Waals surface area contributed by atoms with Gasteiger partial charge in [0.15, 0.2) is 6.29 Å². The molecule has 1 aliphatic carbocycles. The minimum Gasteiger partial charge on any atom is -0.352 e. The Morgan fingerprint density at radius 2 is 1.83 bits per heavy atom. The van der Waals surface area contributed by atoms with Gasteiger partial charge in [-0.3, -0.25) is 14.4 Å². The van der Waals surface area contributed by atoms with Crippen LogP contribution >= 0.6 is 0 Å². The maximum atomic E-state index is 15.1. The summed E-state index contributed by atoms with van der Waals surface area (Å²) in [4.78, 5) is 45.4. The van der Waals surface area contributed by atoms with E-state index in [-0.39, 0.29) is 30.5 Å². The van der Waals surface area contributed by atoms with Crippen molar-refractivity contribution in [3.05, 3.63) is 88.4 Å². The standard InChI is InChI=1S/C32H35FN4O5/c1-31(2,3)30(40)37(17-23-22(28(41-4)42-5)8-6-10-25(23)33)18-26(38)35-21-12-11-19-15-32(16-20(19)14-21)24-9-7-13-34-27(24)36-29(32)39/h6-14,28H,15-18H2,1-5H3,(H,35,38)(H,34,36,39). The van der Waals surface area contributed by atoms with E-state index in [4.69, 9.17) is 9.47 Å². The van der Waals surface area contributed by atoms with Crippen molar-refractivity contribution in [3.8, 4) is 0 Å². The van der Waals surface area contributed by atoms with Gasteiger partial charge in [0, 0.05) is 54.8 Å². The number of hydrogen-bond acceptors (Lipinski definition) is 6. The Kier molecular flexibility index (Phi) is 7.87. The number of aromatic nitrogens is 1. The van der Waals surface area contributed by atoms with Crippen LogP contribution in [0.5, 0.6) is 0 Å². The number of nitrogens with zero attached hydrogens (tertiary/aromatic N) is 2. The van der Waals surface area contributed by atoms with Crippen LogP contribution in [-0.2, 0) is 48.7 Å². The zero-order chi connectivity index (χ0) is 30.2. The Bertz CT molecular complexity index is 1550. The van der Waals surface area contributed by atoms with Crippen LogP contribution in [-0.4, -0.2) is 48.4 Å². The Balaban J connectivity index is 1.36. The van der Waals surface area contributed by atoms with Crippen LogP contribution in [0.3, 0.4) is 0 Å². The lowest BCUT2D eigenvalue weighted by Crippen LogP contribution is -2.43. The van der Waals surface area contributed by atoms with Gasteiger partial charge in [-0.15, -0.1) is 0 Å². The number of carbonyl (C=O) groups excluding carboxylic acids is 3. The monoisotopic (exact) mass is 574 g/mol. The van der Waals surface area contributed by atoms with E-state index in [1.807, 2.05) is 24.3 Å². The third kappa shape index (κ3) is 5.39. The molecule has 2 aromatic carbocycles. The maximum Gasteiger partial charge on any atom is 0.244 e. The summed E-state index contributed by atoms with van der Waals surface area (Å²) in [6, 6.07) is 13.9. The molecule has 1 atom stereocenters. The smallest absolute Gasteiger partial charge is 0.244 e. The summed E-state index contributed by atoms with van der Waals surface area (Å²) in [7, 11) is 2.89. The molecule has 0 saturated carbocycles. The zero-order valence-corrected chi connectivity index (χ0v) is 24.4. The second-order valence-electron chi connectivity index (χ2n) is 11.8. The predicted octanol–water partition coefficient (Wildman–Crippen LogP) is 4.51. The molecule has 9 nitrogen and oxygen atoms in total. The number of carbonyl (C=O) groups is 3. The minimum absolute atomic E-state index is 0.0778. The number of methoxy groups -OCH3 is 2. The highest BCUT2D eigenvalue weighted by Crippen LogP contribution is 2.47. The SMILES string of the molecule is COC(OC)c1cccc(F)c1CN(CC(=O)Nc1ccc2c(c1)CC1(C2)C(=O)Nc2ncccc21)C(=O)C(C)(C)C. The average molecular weight is 575 g/mol. The van der Waals surface area contributed by atoms with Gasteiger partial charge in [0.2, 0.25) is 17.7 Å². The van der Waals surface area contributed by atoms with Crippen LogP contribution in [0.2, 0.25) is 0 Å². The molecule has 0 fully saturated rings. The van der Waals surface area contributed by atoms with Crippen molar-refractivity contribution in [1.29, 1.82) is 0 Å². The van der Waals surface area contributed by atoms with E-state index in [1.165, 1.54) is 25.2 Å². The number of pyridine rings is 1. The largest absolute Gasteiger partial charge is 0.352 e.